The van der Waals surface area contributed by atoms with Crippen molar-refractivity contribution in [1.29, 1.82) is 0 Å². The molecular weight excluding hydrogens is 585 g/mol. The zero-order chi connectivity index (χ0) is 31.2. The standard InChI is InChI=1S/C37H33F3N4O.CH4/c1-29-7-2-3-8-34(29)43-25-15-32(16-26-43)30-11-21-41(22-12-30)19-6-20-42-23-13-31(14-24-42)33-17-27-44(28-18-33)35-9-4-5-10-36(35)45-37(38,39)40;/h2-5,7-18,21-28H,6,19-20H2,1H3;1H4/q+4;. The third-order valence-corrected chi connectivity index (χ3v) is 7.70. The van der Waals surface area contributed by atoms with Crippen LogP contribution in [0.2, 0.25) is 0 Å². The molecule has 46 heavy (non-hydrogen) atoms. The van der Waals surface area contributed by atoms with E-state index in [0.717, 1.165) is 30.6 Å². The summed E-state index contributed by atoms with van der Waals surface area (Å²) in [6.45, 7) is 3.89. The summed E-state index contributed by atoms with van der Waals surface area (Å²) in [5.74, 6) is -0.249. The Kier molecular flexibility index (Phi) is 9.86. The fourth-order valence-electron chi connectivity index (χ4n) is 5.33. The Hall–Kier alpha value is -5.37. The third-order valence-electron chi connectivity index (χ3n) is 7.70. The van der Waals surface area contributed by atoms with E-state index in [2.05, 4.69) is 111 Å². The van der Waals surface area contributed by atoms with Gasteiger partial charge in [0.15, 0.2) is 62.7 Å². The molecule has 0 fully saturated rings. The van der Waals surface area contributed by atoms with E-state index in [-0.39, 0.29) is 13.2 Å². The second-order valence-electron chi connectivity index (χ2n) is 10.8. The van der Waals surface area contributed by atoms with E-state index in [9.17, 15) is 13.2 Å². The minimum atomic E-state index is -4.76. The molecule has 8 heteroatoms. The summed E-state index contributed by atoms with van der Waals surface area (Å²) in [7, 11) is 0. The van der Waals surface area contributed by atoms with E-state index in [0.29, 0.717) is 5.69 Å². The molecule has 0 radical (unpaired) electrons. The summed E-state index contributed by atoms with van der Waals surface area (Å²) in [5, 5.41) is 0. The molecule has 2 aromatic carbocycles. The van der Waals surface area contributed by atoms with Crippen molar-refractivity contribution in [2.45, 2.75) is 40.2 Å². The molecular formula is C38H37F3N4O+4. The smallest absolute Gasteiger partial charge is 0.399 e. The highest BCUT2D eigenvalue weighted by Crippen LogP contribution is 2.26. The van der Waals surface area contributed by atoms with Crippen molar-refractivity contribution in [2.75, 3.05) is 0 Å². The van der Waals surface area contributed by atoms with Gasteiger partial charge in [0.05, 0.1) is 6.42 Å². The molecule has 0 aliphatic heterocycles. The van der Waals surface area contributed by atoms with Crippen LogP contribution in [-0.2, 0) is 13.1 Å². The molecule has 5 nitrogen and oxygen atoms in total. The van der Waals surface area contributed by atoms with Gasteiger partial charge in [0, 0.05) is 66.2 Å². The largest absolute Gasteiger partial charge is 0.573 e. The van der Waals surface area contributed by atoms with Gasteiger partial charge < -0.3 is 4.74 Å². The number of para-hydroxylation sites is 3. The highest BCUT2D eigenvalue weighted by atomic mass is 19.4. The number of alkyl halides is 3. The number of aromatic nitrogens is 4. The first-order chi connectivity index (χ1) is 21.8. The first-order valence-corrected chi connectivity index (χ1v) is 14.8. The molecule has 0 amide bonds. The van der Waals surface area contributed by atoms with E-state index in [4.69, 9.17) is 0 Å². The SMILES string of the molecule is C.Cc1ccccc1-[n+]1ccc(-c2cc[n+](CCC[n+]3ccc(-c4cc[n+](-c5ccccc5OC(F)(F)F)cc4)cc3)cc2)cc1. The van der Waals surface area contributed by atoms with Gasteiger partial charge in [-0.3, -0.25) is 0 Å². The number of pyridine rings is 4. The van der Waals surface area contributed by atoms with Crippen molar-refractivity contribution in [3.05, 3.63) is 152 Å². The van der Waals surface area contributed by atoms with Crippen LogP contribution in [0.4, 0.5) is 13.2 Å². The number of hydrogen-bond donors (Lipinski definition) is 0. The lowest BCUT2D eigenvalue weighted by Gasteiger charge is -2.09. The fourth-order valence-corrected chi connectivity index (χ4v) is 5.33. The highest BCUT2D eigenvalue weighted by Gasteiger charge is 2.33. The number of halogens is 3. The Labute approximate surface area is 267 Å². The zero-order valence-corrected chi connectivity index (χ0v) is 24.8. The number of nitrogens with zero attached hydrogens (tertiary/aromatic N) is 4. The predicted octanol–water partition coefficient (Wildman–Crippen LogP) is 7.08. The minimum absolute atomic E-state index is 0. The van der Waals surface area contributed by atoms with Crippen LogP contribution < -0.4 is 23.0 Å². The Bertz CT molecular complexity index is 1870. The maximum atomic E-state index is 12.8. The second kappa shape index (κ2) is 14.2. The monoisotopic (exact) mass is 622 g/mol. The van der Waals surface area contributed by atoms with Crippen LogP contribution in [0.1, 0.15) is 19.4 Å². The van der Waals surface area contributed by atoms with Gasteiger partial charge in [-0.15, -0.1) is 13.2 Å². The maximum absolute atomic E-state index is 12.8. The minimum Gasteiger partial charge on any atom is -0.399 e. The van der Waals surface area contributed by atoms with E-state index in [1.807, 2.05) is 24.3 Å². The van der Waals surface area contributed by atoms with E-state index < -0.39 is 6.36 Å². The summed E-state index contributed by atoms with van der Waals surface area (Å²) in [5.41, 5.74) is 7.07. The third kappa shape index (κ3) is 7.82. The first-order valence-electron chi connectivity index (χ1n) is 14.8. The summed E-state index contributed by atoms with van der Waals surface area (Å²) in [4.78, 5) is 0. The van der Waals surface area contributed by atoms with Crippen molar-refractivity contribution < 1.29 is 36.2 Å². The van der Waals surface area contributed by atoms with Crippen LogP contribution >= 0.6 is 0 Å². The molecule has 0 unspecified atom stereocenters. The average molecular weight is 623 g/mol. The number of benzene rings is 2. The molecule has 0 spiro atoms. The van der Waals surface area contributed by atoms with Crippen LogP contribution in [0.3, 0.4) is 0 Å². The predicted molar refractivity (Wildman–Crippen MR) is 170 cm³/mol. The summed E-state index contributed by atoms with van der Waals surface area (Å²) >= 11 is 0. The molecule has 0 aliphatic rings. The van der Waals surface area contributed by atoms with Gasteiger partial charge in [0.25, 0.3) is 5.69 Å². The van der Waals surface area contributed by atoms with Crippen molar-refractivity contribution in [3.63, 3.8) is 0 Å². The van der Waals surface area contributed by atoms with Gasteiger partial charge >= 0.3 is 6.36 Å². The highest BCUT2D eigenvalue weighted by molar-refractivity contribution is 5.62. The van der Waals surface area contributed by atoms with Gasteiger partial charge in [-0.05, 0) is 35.2 Å². The Morgan fingerprint density at radius 3 is 1.37 bits per heavy atom. The molecule has 0 bridgehead atoms. The summed E-state index contributed by atoms with van der Waals surface area (Å²) in [6.07, 6.45) is 12.2. The molecule has 232 valence electrons. The molecule has 0 N–H and O–H groups in total. The first kappa shape index (κ1) is 32.0. The van der Waals surface area contributed by atoms with Gasteiger partial charge in [-0.2, -0.15) is 9.13 Å². The molecule has 4 aromatic heterocycles. The lowest BCUT2D eigenvalue weighted by molar-refractivity contribution is -0.726. The summed E-state index contributed by atoms with van der Waals surface area (Å²) < 4.78 is 50.8. The van der Waals surface area contributed by atoms with Gasteiger partial charge in [-0.25, -0.2) is 9.13 Å². The fraction of sp³-hybridized carbons (Fsp3) is 0.158. The molecule has 0 aliphatic carbocycles. The Morgan fingerprint density at radius 1 is 0.522 bits per heavy atom. The maximum Gasteiger partial charge on any atom is 0.573 e. The van der Waals surface area contributed by atoms with Crippen LogP contribution in [-0.4, -0.2) is 6.36 Å². The normalized spacial score (nSPS) is 11.1. The van der Waals surface area contributed by atoms with E-state index in [1.165, 1.54) is 34.5 Å². The van der Waals surface area contributed by atoms with Crippen molar-refractivity contribution >= 4 is 0 Å². The topological polar surface area (TPSA) is 24.8 Å². The number of rotatable bonds is 9. The molecule has 4 heterocycles. The Balaban J connectivity index is 0.00000417. The number of ether oxygens (including phenoxy) is 1. The lowest BCUT2D eigenvalue weighted by Crippen LogP contribution is -2.38. The van der Waals surface area contributed by atoms with Crippen LogP contribution in [0.25, 0.3) is 33.6 Å². The van der Waals surface area contributed by atoms with Crippen LogP contribution in [0, 0.1) is 6.92 Å². The van der Waals surface area contributed by atoms with Gasteiger partial charge in [0.1, 0.15) is 0 Å². The van der Waals surface area contributed by atoms with Gasteiger partial charge in [0.2, 0.25) is 11.4 Å². The van der Waals surface area contributed by atoms with Crippen LogP contribution in [0.5, 0.6) is 5.75 Å². The van der Waals surface area contributed by atoms with Gasteiger partial charge in [-0.1, -0.05) is 37.8 Å². The quantitative estimate of drug-likeness (QED) is 0.158. The van der Waals surface area contributed by atoms with Crippen LogP contribution in [0.15, 0.2) is 147 Å². The number of hydrogen-bond acceptors (Lipinski definition) is 1. The molecule has 0 saturated heterocycles. The van der Waals surface area contributed by atoms with Crippen molar-refractivity contribution in [2.24, 2.45) is 0 Å². The van der Waals surface area contributed by atoms with Crippen molar-refractivity contribution in [1.82, 2.24) is 0 Å². The van der Waals surface area contributed by atoms with Crippen molar-refractivity contribution in [3.8, 4) is 39.4 Å². The van der Waals surface area contributed by atoms with E-state index >= 15 is 0 Å². The van der Waals surface area contributed by atoms with E-state index in [1.54, 1.807) is 29.1 Å². The zero-order valence-electron chi connectivity index (χ0n) is 24.8. The average Bonchev–Trinajstić information content (AvgIpc) is 3.05. The molecule has 0 atom stereocenters. The Morgan fingerprint density at radius 2 is 0.913 bits per heavy atom. The molecule has 0 saturated carbocycles. The second-order valence-corrected chi connectivity index (χ2v) is 10.8. The number of aryl methyl sites for hydroxylation is 3. The molecule has 6 rings (SSSR count). The molecule has 6 aromatic rings. The summed E-state index contributed by atoms with van der Waals surface area (Å²) in [6, 6.07) is 30.9. The lowest BCUT2D eigenvalue weighted by atomic mass is 10.1.